The lowest BCUT2D eigenvalue weighted by atomic mass is 10.1. The van der Waals surface area contributed by atoms with E-state index in [1.54, 1.807) is 12.1 Å². The first-order valence-electron chi connectivity index (χ1n) is 10.4. The second-order valence-corrected chi connectivity index (χ2v) is 8.75. The molecule has 5 nitrogen and oxygen atoms in total. The van der Waals surface area contributed by atoms with Crippen LogP contribution in [0.2, 0.25) is 10.0 Å². The fourth-order valence-corrected chi connectivity index (χ4v) is 4.36. The van der Waals surface area contributed by atoms with Crippen LogP contribution in [0.1, 0.15) is 29.8 Å². The summed E-state index contributed by atoms with van der Waals surface area (Å²) in [4.78, 5) is 19.9. The highest BCUT2D eigenvalue weighted by Gasteiger charge is 2.17. The molecule has 1 N–H and O–H groups in total. The number of halogens is 2. The average molecular weight is 445 g/mol. The van der Waals surface area contributed by atoms with E-state index in [9.17, 15) is 4.79 Å². The molecule has 0 unspecified atom stereocenters. The van der Waals surface area contributed by atoms with Crippen LogP contribution in [0.3, 0.4) is 0 Å². The molecule has 2 aromatic carbocycles. The Kier molecular flexibility index (Phi) is 6.61. The van der Waals surface area contributed by atoms with E-state index >= 15 is 0 Å². The minimum atomic E-state index is -0.0231. The van der Waals surface area contributed by atoms with Crippen LogP contribution in [0.25, 0.3) is 11.0 Å². The van der Waals surface area contributed by atoms with E-state index in [1.165, 1.54) is 18.4 Å². The highest BCUT2D eigenvalue weighted by molar-refractivity contribution is 6.42. The molecule has 0 atom stereocenters. The van der Waals surface area contributed by atoms with Crippen molar-refractivity contribution in [1.29, 1.82) is 0 Å². The molecule has 0 radical (unpaired) electrons. The number of nitrogens with one attached hydrogen (secondary N) is 1. The molecule has 0 bridgehead atoms. The van der Waals surface area contributed by atoms with Crippen molar-refractivity contribution in [3.05, 3.63) is 63.4 Å². The van der Waals surface area contributed by atoms with Gasteiger partial charge in [0.15, 0.2) is 0 Å². The van der Waals surface area contributed by atoms with E-state index in [2.05, 4.69) is 35.3 Å². The first kappa shape index (κ1) is 21.2. The molecule has 1 amide bonds. The predicted octanol–water partition coefficient (Wildman–Crippen LogP) is 4.45. The summed E-state index contributed by atoms with van der Waals surface area (Å²) in [5.41, 5.74) is 3.91. The molecule has 1 aromatic heterocycles. The van der Waals surface area contributed by atoms with E-state index in [1.807, 2.05) is 10.6 Å². The minimum Gasteiger partial charge on any atom is -0.353 e. The average Bonchev–Trinajstić information content (AvgIpc) is 3.32. The van der Waals surface area contributed by atoms with Gasteiger partial charge >= 0.3 is 0 Å². The van der Waals surface area contributed by atoms with Crippen LogP contribution >= 0.6 is 23.2 Å². The Hall–Kier alpha value is -2.08. The quantitative estimate of drug-likeness (QED) is 0.585. The normalized spacial score (nSPS) is 14.5. The number of likely N-dealkylation sites (tertiary alicyclic amines) is 1. The minimum absolute atomic E-state index is 0.0231. The summed E-state index contributed by atoms with van der Waals surface area (Å²) in [6.45, 7) is 6.08. The van der Waals surface area contributed by atoms with Crippen molar-refractivity contribution in [2.24, 2.45) is 0 Å². The molecule has 0 aliphatic carbocycles. The van der Waals surface area contributed by atoms with E-state index in [4.69, 9.17) is 28.2 Å². The zero-order chi connectivity index (χ0) is 21.1. The standard InChI is InChI=1S/C23H26Cl2N4O/c1-16-5-4-6-17(11-16)12-22-27-20-13-18(24)19(25)14-21(20)29(22)15-23(30)26-7-10-28-8-2-3-9-28/h4-6,11,13-14H,2-3,7-10,12,15H2,1H3,(H,26,30). The summed E-state index contributed by atoms with van der Waals surface area (Å²) in [6.07, 6.45) is 3.13. The van der Waals surface area contributed by atoms with Crippen LogP contribution in [0.5, 0.6) is 0 Å². The van der Waals surface area contributed by atoms with Crippen LogP contribution < -0.4 is 5.32 Å². The smallest absolute Gasteiger partial charge is 0.240 e. The summed E-state index contributed by atoms with van der Waals surface area (Å²) in [6, 6.07) is 11.9. The lowest BCUT2D eigenvalue weighted by Gasteiger charge is -2.15. The molecule has 4 rings (SSSR count). The Labute approximate surface area is 187 Å². The maximum atomic E-state index is 12.7. The first-order chi connectivity index (χ1) is 14.5. The van der Waals surface area contributed by atoms with Gasteiger partial charge in [0, 0.05) is 19.5 Å². The van der Waals surface area contributed by atoms with Crippen molar-refractivity contribution in [2.75, 3.05) is 26.2 Å². The number of carbonyl (C=O) groups is 1. The van der Waals surface area contributed by atoms with Crippen molar-refractivity contribution in [3.63, 3.8) is 0 Å². The molecule has 0 saturated carbocycles. The zero-order valence-corrected chi connectivity index (χ0v) is 18.6. The molecule has 1 saturated heterocycles. The molecule has 30 heavy (non-hydrogen) atoms. The van der Waals surface area contributed by atoms with E-state index in [0.29, 0.717) is 23.0 Å². The zero-order valence-electron chi connectivity index (χ0n) is 17.1. The molecular weight excluding hydrogens is 419 g/mol. The van der Waals surface area contributed by atoms with Gasteiger partial charge in [-0.2, -0.15) is 0 Å². The predicted molar refractivity (Wildman–Crippen MR) is 122 cm³/mol. The van der Waals surface area contributed by atoms with E-state index in [0.717, 1.165) is 42.1 Å². The number of nitrogens with zero attached hydrogens (tertiary/aromatic N) is 3. The van der Waals surface area contributed by atoms with Crippen molar-refractivity contribution < 1.29 is 4.79 Å². The number of fused-ring (bicyclic) bond motifs is 1. The van der Waals surface area contributed by atoms with E-state index in [-0.39, 0.29) is 12.5 Å². The third-order valence-electron chi connectivity index (χ3n) is 5.56. The molecule has 1 aliphatic rings. The van der Waals surface area contributed by atoms with Crippen LogP contribution in [-0.2, 0) is 17.8 Å². The fraction of sp³-hybridized carbons (Fsp3) is 0.391. The molecule has 158 valence electrons. The Bertz CT molecular complexity index is 1060. The molecule has 1 aliphatic heterocycles. The van der Waals surface area contributed by atoms with Gasteiger partial charge in [-0.15, -0.1) is 0 Å². The van der Waals surface area contributed by atoms with Crippen LogP contribution in [0.4, 0.5) is 0 Å². The van der Waals surface area contributed by atoms with Gasteiger partial charge in [0.05, 0.1) is 21.1 Å². The second-order valence-electron chi connectivity index (χ2n) is 7.93. The van der Waals surface area contributed by atoms with Gasteiger partial charge in [-0.1, -0.05) is 53.0 Å². The number of aromatic nitrogens is 2. The summed E-state index contributed by atoms with van der Waals surface area (Å²) < 4.78 is 1.95. The number of hydrogen-bond acceptors (Lipinski definition) is 3. The van der Waals surface area contributed by atoms with Crippen molar-refractivity contribution in [2.45, 2.75) is 32.7 Å². The number of benzene rings is 2. The lowest BCUT2D eigenvalue weighted by Crippen LogP contribution is -2.35. The number of carbonyl (C=O) groups excluding carboxylic acids is 1. The molecule has 3 aromatic rings. The maximum Gasteiger partial charge on any atom is 0.240 e. The molecule has 7 heteroatoms. The van der Waals surface area contributed by atoms with Gasteiger partial charge in [0.2, 0.25) is 5.91 Å². The topological polar surface area (TPSA) is 50.2 Å². The van der Waals surface area contributed by atoms with Gasteiger partial charge in [0.25, 0.3) is 0 Å². The monoisotopic (exact) mass is 444 g/mol. The van der Waals surface area contributed by atoms with Crippen LogP contribution in [0, 0.1) is 6.92 Å². The van der Waals surface area contributed by atoms with Crippen LogP contribution in [0.15, 0.2) is 36.4 Å². The Morgan fingerprint density at radius 1 is 1.13 bits per heavy atom. The number of imidazole rings is 1. The number of rotatable bonds is 7. The second kappa shape index (κ2) is 9.38. The Balaban J connectivity index is 1.55. The third-order valence-corrected chi connectivity index (χ3v) is 6.29. The van der Waals surface area contributed by atoms with E-state index < -0.39 is 0 Å². The van der Waals surface area contributed by atoms with Gasteiger partial charge in [-0.25, -0.2) is 4.98 Å². The molecular formula is C23H26Cl2N4O. The molecule has 1 fully saturated rings. The highest BCUT2D eigenvalue weighted by Crippen LogP contribution is 2.29. The first-order valence-corrected chi connectivity index (χ1v) is 11.1. The number of amides is 1. The summed E-state index contributed by atoms with van der Waals surface area (Å²) in [7, 11) is 0. The Morgan fingerprint density at radius 2 is 1.90 bits per heavy atom. The van der Waals surface area contributed by atoms with Crippen molar-refractivity contribution in [1.82, 2.24) is 19.8 Å². The van der Waals surface area contributed by atoms with Crippen molar-refractivity contribution in [3.8, 4) is 0 Å². The number of hydrogen-bond donors (Lipinski definition) is 1. The van der Waals surface area contributed by atoms with Gasteiger partial charge in [-0.3, -0.25) is 4.79 Å². The lowest BCUT2D eigenvalue weighted by molar-refractivity contribution is -0.121. The Morgan fingerprint density at radius 3 is 2.67 bits per heavy atom. The molecule has 2 heterocycles. The largest absolute Gasteiger partial charge is 0.353 e. The van der Waals surface area contributed by atoms with Gasteiger partial charge in [-0.05, 0) is 50.6 Å². The summed E-state index contributed by atoms with van der Waals surface area (Å²) in [5, 5.41) is 3.97. The number of aryl methyl sites for hydroxylation is 1. The highest BCUT2D eigenvalue weighted by atomic mass is 35.5. The molecule has 0 spiro atoms. The van der Waals surface area contributed by atoms with Gasteiger partial charge in [0.1, 0.15) is 12.4 Å². The summed E-state index contributed by atoms with van der Waals surface area (Å²) >= 11 is 12.5. The fourth-order valence-electron chi connectivity index (χ4n) is 4.05. The van der Waals surface area contributed by atoms with Crippen molar-refractivity contribution >= 4 is 40.1 Å². The third kappa shape index (κ3) is 4.97. The maximum absolute atomic E-state index is 12.7. The summed E-state index contributed by atoms with van der Waals surface area (Å²) in [5.74, 6) is 0.800. The van der Waals surface area contributed by atoms with Crippen LogP contribution in [-0.4, -0.2) is 46.5 Å². The SMILES string of the molecule is Cc1cccc(Cc2nc3cc(Cl)c(Cl)cc3n2CC(=O)NCCN2CCCC2)c1. The van der Waals surface area contributed by atoms with Gasteiger partial charge < -0.3 is 14.8 Å².